The van der Waals surface area contributed by atoms with E-state index in [1.54, 1.807) is 4.90 Å². The van der Waals surface area contributed by atoms with E-state index in [4.69, 9.17) is 5.84 Å². The van der Waals surface area contributed by atoms with E-state index in [0.717, 1.165) is 12.8 Å². The summed E-state index contributed by atoms with van der Waals surface area (Å²) in [6.07, 6.45) is 2.08. The molecule has 1 rings (SSSR count). The molecule has 74 valence electrons. The Hall–Kier alpha value is -1.10. The number of rotatable bonds is 0. The second kappa shape index (κ2) is 4.23. The number of hydrogen-bond acceptors (Lipinski definition) is 3. The van der Waals surface area contributed by atoms with E-state index in [-0.39, 0.29) is 0 Å². The van der Waals surface area contributed by atoms with Gasteiger partial charge in [-0.1, -0.05) is 6.92 Å². The Morgan fingerprint density at radius 1 is 1.54 bits per heavy atom. The Morgan fingerprint density at radius 3 is 2.77 bits per heavy atom. The molecule has 0 aromatic carbocycles. The first-order valence-corrected chi connectivity index (χ1v) is 4.45. The minimum absolute atomic E-state index is 0.475. The van der Waals surface area contributed by atoms with Gasteiger partial charge in [0, 0.05) is 13.1 Å². The van der Waals surface area contributed by atoms with Crippen molar-refractivity contribution in [3.8, 4) is 0 Å². The molecule has 0 aromatic heterocycles. The highest BCUT2D eigenvalue weighted by atomic mass is 16.2. The standard InChI is InChI=1S/C8H15N3O2/c1-6-3-2-4-11(5-6)8(13)7(12)10-9/h6H,2-5,9H2,1H3,(H,10,12). The van der Waals surface area contributed by atoms with E-state index < -0.39 is 11.8 Å². The van der Waals surface area contributed by atoms with Crippen molar-refractivity contribution in [2.75, 3.05) is 13.1 Å². The second-order valence-electron chi connectivity index (χ2n) is 3.47. The monoisotopic (exact) mass is 185 g/mol. The van der Waals surface area contributed by atoms with Crippen molar-refractivity contribution in [3.63, 3.8) is 0 Å². The van der Waals surface area contributed by atoms with Crippen molar-refractivity contribution in [2.45, 2.75) is 19.8 Å². The lowest BCUT2D eigenvalue weighted by Crippen LogP contribution is -2.48. The Kier molecular flexibility index (Phi) is 3.25. The van der Waals surface area contributed by atoms with Crippen molar-refractivity contribution < 1.29 is 9.59 Å². The number of nitrogens with one attached hydrogen (secondary N) is 1. The van der Waals surface area contributed by atoms with E-state index in [9.17, 15) is 9.59 Å². The predicted octanol–water partition coefficient (Wildman–Crippen LogP) is -0.765. The molecule has 0 saturated carbocycles. The summed E-state index contributed by atoms with van der Waals surface area (Å²) in [7, 11) is 0. The fourth-order valence-electron chi connectivity index (χ4n) is 1.58. The summed E-state index contributed by atoms with van der Waals surface area (Å²) in [6.45, 7) is 3.39. The van der Waals surface area contributed by atoms with Crippen LogP contribution < -0.4 is 11.3 Å². The van der Waals surface area contributed by atoms with Gasteiger partial charge in [0.1, 0.15) is 0 Å². The summed E-state index contributed by atoms with van der Waals surface area (Å²) < 4.78 is 0. The number of likely N-dealkylation sites (tertiary alicyclic amines) is 1. The molecule has 5 heteroatoms. The fraction of sp³-hybridized carbons (Fsp3) is 0.750. The van der Waals surface area contributed by atoms with E-state index >= 15 is 0 Å². The molecule has 0 aromatic rings. The summed E-state index contributed by atoms with van der Waals surface area (Å²) in [4.78, 5) is 23.8. The van der Waals surface area contributed by atoms with E-state index in [2.05, 4.69) is 6.92 Å². The Labute approximate surface area is 77.2 Å². The maximum atomic E-state index is 11.3. The summed E-state index contributed by atoms with van der Waals surface area (Å²) >= 11 is 0. The van der Waals surface area contributed by atoms with Crippen LogP contribution in [-0.2, 0) is 9.59 Å². The maximum absolute atomic E-state index is 11.3. The molecule has 0 radical (unpaired) electrons. The average molecular weight is 185 g/mol. The van der Waals surface area contributed by atoms with E-state index in [0.29, 0.717) is 19.0 Å². The highest BCUT2D eigenvalue weighted by Crippen LogP contribution is 2.15. The molecule has 1 heterocycles. The number of carbonyl (C=O) groups is 2. The van der Waals surface area contributed by atoms with Gasteiger partial charge in [-0.3, -0.25) is 15.0 Å². The van der Waals surface area contributed by atoms with Gasteiger partial charge >= 0.3 is 11.8 Å². The molecule has 0 bridgehead atoms. The molecule has 1 saturated heterocycles. The number of piperidine rings is 1. The average Bonchev–Trinajstić information content (AvgIpc) is 2.15. The minimum Gasteiger partial charge on any atom is -0.334 e. The van der Waals surface area contributed by atoms with Crippen molar-refractivity contribution in [1.29, 1.82) is 0 Å². The number of hydrogen-bond donors (Lipinski definition) is 2. The van der Waals surface area contributed by atoms with Gasteiger partial charge in [-0.15, -0.1) is 0 Å². The number of nitrogens with zero attached hydrogens (tertiary/aromatic N) is 1. The van der Waals surface area contributed by atoms with Crippen LogP contribution in [0.2, 0.25) is 0 Å². The van der Waals surface area contributed by atoms with E-state index in [1.165, 1.54) is 0 Å². The lowest BCUT2D eigenvalue weighted by atomic mass is 10.0. The molecule has 13 heavy (non-hydrogen) atoms. The molecule has 1 aliphatic heterocycles. The van der Waals surface area contributed by atoms with Crippen LogP contribution in [0, 0.1) is 5.92 Å². The van der Waals surface area contributed by atoms with Crippen molar-refractivity contribution >= 4 is 11.8 Å². The first kappa shape index (κ1) is 9.98. The van der Waals surface area contributed by atoms with Gasteiger partial charge in [0.05, 0.1) is 0 Å². The number of amides is 2. The molecule has 2 amide bonds. The molecule has 5 nitrogen and oxygen atoms in total. The van der Waals surface area contributed by atoms with Gasteiger partial charge in [0.2, 0.25) is 0 Å². The zero-order valence-corrected chi connectivity index (χ0v) is 7.75. The SMILES string of the molecule is CC1CCCN(C(=O)C(=O)NN)C1. The molecule has 1 atom stereocenters. The largest absolute Gasteiger partial charge is 0.334 e. The Bertz CT molecular complexity index is 217. The second-order valence-corrected chi connectivity index (χ2v) is 3.47. The van der Waals surface area contributed by atoms with Crippen molar-refractivity contribution in [1.82, 2.24) is 10.3 Å². The first-order valence-electron chi connectivity index (χ1n) is 4.45. The van der Waals surface area contributed by atoms with Crippen LogP contribution in [0.1, 0.15) is 19.8 Å². The first-order chi connectivity index (χ1) is 6.15. The van der Waals surface area contributed by atoms with Crippen molar-refractivity contribution in [3.05, 3.63) is 0 Å². The van der Waals surface area contributed by atoms with Gasteiger partial charge in [-0.25, -0.2) is 5.84 Å². The molecule has 1 fully saturated rings. The summed E-state index contributed by atoms with van der Waals surface area (Å²) in [5.41, 5.74) is 1.85. The third kappa shape index (κ3) is 2.42. The predicted molar refractivity (Wildman–Crippen MR) is 47.3 cm³/mol. The Morgan fingerprint density at radius 2 is 2.23 bits per heavy atom. The highest BCUT2D eigenvalue weighted by Gasteiger charge is 2.25. The Balaban J connectivity index is 2.51. The van der Waals surface area contributed by atoms with Crippen LogP contribution in [0.15, 0.2) is 0 Å². The number of carbonyl (C=O) groups excluding carboxylic acids is 2. The molecular formula is C8H15N3O2. The molecule has 1 unspecified atom stereocenters. The smallest absolute Gasteiger partial charge is 0.323 e. The summed E-state index contributed by atoms with van der Waals surface area (Å²) in [5, 5.41) is 0. The van der Waals surface area contributed by atoms with Gasteiger partial charge in [-0.05, 0) is 18.8 Å². The summed E-state index contributed by atoms with van der Waals surface area (Å²) in [6, 6.07) is 0. The number of hydrazine groups is 1. The van der Waals surface area contributed by atoms with Gasteiger partial charge in [-0.2, -0.15) is 0 Å². The van der Waals surface area contributed by atoms with Crippen LogP contribution in [0.4, 0.5) is 0 Å². The fourth-order valence-corrected chi connectivity index (χ4v) is 1.58. The lowest BCUT2D eigenvalue weighted by molar-refractivity contribution is -0.147. The maximum Gasteiger partial charge on any atom is 0.323 e. The summed E-state index contributed by atoms with van der Waals surface area (Å²) in [5.74, 6) is 4.10. The topological polar surface area (TPSA) is 75.4 Å². The molecule has 0 aliphatic carbocycles. The molecule has 0 spiro atoms. The highest BCUT2D eigenvalue weighted by molar-refractivity contribution is 6.34. The normalized spacial score (nSPS) is 22.6. The van der Waals surface area contributed by atoms with Crippen molar-refractivity contribution in [2.24, 2.45) is 11.8 Å². The third-order valence-electron chi connectivity index (χ3n) is 2.27. The van der Waals surface area contributed by atoms with E-state index in [1.807, 2.05) is 5.43 Å². The quantitative estimate of drug-likeness (QED) is 0.225. The zero-order valence-electron chi connectivity index (χ0n) is 7.75. The van der Waals surface area contributed by atoms with Gasteiger partial charge < -0.3 is 4.90 Å². The van der Waals surface area contributed by atoms with Crippen LogP contribution in [0.3, 0.4) is 0 Å². The number of nitrogens with two attached hydrogens (primary N) is 1. The lowest BCUT2D eigenvalue weighted by Gasteiger charge is -2.30. The minimum atomic E-state index is -0.728. The van der Waals surface area contributed by atoms with Crippen LogP contribution in [0.25, 0.3) is 0 Å². The third-order valence-corrected chi connectivity index (χ3v) is 2.27. The molecule has 3 N–H and O–H groups in total. The van der Waals surface area contributed by atoms with Crippen LogP contribution in [0.5, 0.6) is 0 Å². The molecule has 1 aliphatic rings. The van der Waals surface area contributed by atoms with Crippen LogP contribution in [-0.4, -0.2) is 29.8 Å². The zero-order chi connectivity index (χ0) is 9.84. The van der Waals surface area contributed by atoms with Gasteiger partial charge in [0.25, 0.3) is 0 Å². The van der Waals surface area contributed by atoms with Crippen LogP contribution >= 0.6 is 0 Å². The molecular weight excluding hydrogens is 170 g/mol. The van der Waals surface area contributed by atoms with Gasteiger partial charge in [0.15, 0.2) is 0 Å².